The summed E-state index contributed by atoms with van der Waals surface area (Å²) in [7, 11) is -1.61. The van der Waals surface area contributed by atoms with Crippen LogP contribution in [-0.2, 0) is 0 Å². The molecule has 4 nitrogen and oxygen atoms in total. The maximum atomic E-state index is 8.09. The second-order valence-corrected chi connectivity index (χ2v) is 1.26. The summed E-state index contributed by atoms with van der Waals surface area (Å²) < 4.78 is 0. The summed E-state index contributed by atoms with van der Waals surface area (Å²) in [6, 6.07) is 0. The third kappa shape index (κ3) is 2.58. The average Bonchev–Trinajstić information content (AvgIpc) is 1.65. The van der Waals surface area contributed by atoms with E-state index in [1.165, 1.54) is 0 Å². The highest BCUT2D eigenvalue weighted by molar-refractivity contribution is 6.43. The van der Waals surface area contributed by atoms with Crippen molar-refractivity contribution in [3.63, 3.8) is 0 Å². The van der Waals surface area contributed by atoms with Crippen molar-refractivity contribution in [3.8, 4) is 0 Å². The largest absolute Gasteiger partial charge is 0.471 e. The number of hydrogen-bond donors (Lipinski definition) is 4. The zero-order valence-electron chi connectivity index (χ0n) is 3.78. The van der Waals surface area contributed by atoms with Crippen molar-refractivity contribution in [3.05, 3.63) is 0 Å². The van der Waals surface area contributed by atoms with Crippen molar-refractivity contribution in [1.29, 1.82) is 0 Å². The van der Waals surface area contributed by atoms with Crippen LogP contribution < -0.4 is 5.73 Å². The van der Waals surface area contributed by atoms with Crippen LogP contribution in [0.4, 0.5) is 0 Å². The highest BCUT2D eigenvalue weighted by Crippen LogP contribution is 1.74. The van der Waals surface area contributed by atoms with E-state index in [0.29, 0.717) is 0 Å². The minimum Gasteiger partial charge on any atom is -0.426 e. The Labute approximate surface area is 41.7 Å². The van der Waals surface area contributed by atoms with Crippen LogP contribution >= 0.6 is 0 Å². The number of aliphatic hydroxyl groups is 1. The molecule has 0 rings (SSSR count). The number of nitrogens with two attached hydrogens (primary N) is 1. The smallest absolute Gasteiger partial charge is 0.426 e. The second kappa shape index (κ2) is 2.98. The van der Waals surface area contributed by atoms with Crippen LogP contribution in [0.3, 0.4) is 0 Å². The average molecular weight is 105 g/mol. The lowest BCUT2D eigenvalue weighted by Crippen LogP contribution is -2.41. The predicted octanol–water partition coefficient (Wildman–Crippen LogP) is -2.68. The van der Waals surface area contributed by atoms with E-state index in [9.17, 15) is 0 Å². The number of rotatable bonds is 2. The minimum atomic E-state index is -1.61. The number of hydrogen-bond acceptors (Lipinski definition) is 4. The van der Waals surface area contributed by atoms with Crippen molar-refractivity contribution >= 4 is 7.12 Å². The van der Waals surface area contributed by atoms with Gasteiger partial charge in [0.25, 0.3) is 0 Å². The summed E-state index contributed by atoms with van der Waals surface area (Å²) >= 11 is 0. The monoisotopic (exact) mass is 105 g/mol. The fourth-order valence-corrected chi connectivity index (χ4v) is 0.0943. The van der Waals surface area contributed by atoms with E-state index in [1.807, 2.05) is 0 Å². The third-order valence-corrected chi connectivity index (χ3v) is 0.594. The van der Waals surface area contributed by atoms with Crippen molar-refractivity contribution in [2.75, 3.05) is 6.61 Å². The molecular formula is C2H8BNO3. The summed E-state index contributed by atoms with van der Waals surface area (Å²) in [5.41, 5.74) is 4.87. The summed E-state index contributed by atoms with van der Waals surface area (Å²) in [5.74, 6) is -0.931. The Morgan fingerprint density at radius 1 is 1.57 bits per heavy atom. The summed E-state index contributed by atoms with van der Waals surface area (Å²) in [6.45, 7) is -0.405. The fraction of sp³-hybridized carbons (Fsp3) is 1.00. The van der Waals surface area contributed by atoms with E-state index in [-0.39, 0.29) is 0 Å². The first-order valence-electron chi connectivity index (χ1n) is 1.91. The number of aliphatic hydroxyl groups excluding tert-OH is 1. The molecule has 0 aliphatic rings. The standard InChI is InChI=1S/C2H8BNO3/c4-2(1-5)3(6)7/h2,5-7H,1,4H2. The molecule has 0 saturated heterocycles. The first-order valence-corrected chi connectivity index (χ1v) is 1.91. The Balaban J connectivity index is 3.14. The quantitative estimate of drug-likeness (QED) is 0.288. The molecular weight excluding hydrogens is 96.8 g/mol. The van der Waals surface area contributed by atoms with Gasteiger partial charge in [0, 0.05) is 0 Å². The molecule has 1 atom stereocenters. The van der Waals surface area contributed by atoms with Crippen LogP contribution in [0.25, 0.3) is 0 Å². The Morgan fingerprint density at radius 2 is 2.00 bits per heavy atom. The van der Waals surface area contributed by atoms with Crippen LogP contribution in [0.5, 0.6) is 0 Å². The lowest BCUT2D eigenvalue weighted by molar-refractivity contribution is 0.267. The molecule has 0 heterocycles. The van der Waals surface area contributed by atoms with Crippen LogP contribution in [0, 0.1) is 0 Å². The van der Waals surface area contributed by atoms with E-state index in [2.05, 4.69) is 0 Å². The van der Waals surface area contributed by atoms with Gasteiger partial charge in [0.2, 0.25) is 0 Å². The van der Waals surface area contributed by atoms with Crippen molar-refractivity contribution < 1.29 is 15.2 Å². The van der Waals surface area contributed by atoms with Crippen LogP contribution in [0.2, 0.25) is 0 Å². The van der Waals surface area contributed by atoms with E-state index in [1.54, 1.807) is 0 Å². The van der Waals surface area contributed by atoms with Gasteiger partial charge >= 0.3 is 7.12 Å². The van der Waals surface area contributed by atoms with Gasteiger partial charge in [-0.1, -0.05) is 0 Å². The molecule has 1 unspecified atom stereocenters. The third-order valence-electron chi connectivity index (χ3n) is 0.594. The molecule has 0 aliphatic carbocycles. The molecule has 5 N–H and O–H groups in total. The van der Waals surface area contributed by atoms with Gasteiger partial charge in [-0.25, -0.2) is 0 Å². The van der Waals surface area contributed by atoms with Gasteiger partial charge in [0.1, 0.15) is 0 Å². The predicted molar refractivity (Wildman–Crippen MR) is 25.3 cm³/mol. The molecule has 5 heteroatoms. The topological polar surface area (TPSA) is 86.7 Å². The summed E-state index contributed by atoms with van der Waals surface area (Å²) in [6.07, 6.45) is 0. The Hall–Kier alpha value is -0.0951. The van der Waals surface area contributed by atoms with Crippen molar-refractivity contribution in [2.45, 2.75) is 5.94 Å². The maximum absolute atomic E-state index is 8.09. The van der Waals surface area contributed by atoms with Gasteiger partial charge < -0.3 is 20.9 Å². The molecule has 0 aliphatic heterocycles. The van der Waals surface area contributed by atoms with Gasteiger partial charge in [-0.2, -0.15) is 0 Å². The maximum Gasteiger partial charge on any atom is 0.471 e. The lowest BCUT2D eigenvalue weighted by Gasteiger charge is -2.02. The van der Waals surface area contributed by atoms with E-state index in [4.69, 9.17) is 20.9 Å². The molecule has 0 radical (unpaired) electrons. The second-order valence-electron chi connectivity index (χ2n) is 1.26. The molecule has 0 saturated carbocycles. The van der Waals surface area contributed by atoms with Gasteiger partial charge in [-0.15, -0.1) is 0 Å². The van der Waals surface area contributed by atoms with Crippen molar-refractivity contribution in [2.24, 2.45) is 5.73 Å². The van der Waals surface area contributed by atoms with Gasteiger partial charge in [-0.3, -0.25) is 0 Å². The molecule has 42 valence electrons. The highest BCUT2D eigenvalue weighted by Gasteiger charge is 2.16. The zero-order valence-corrected chi connectivity index (χ0v) is 3.78. The van der Waals surface area contributed by atoms with E-state index >= 15 is 0 Å². The van der Waals surface area contributed by atoms with Gasteiger partial charge in [0.05, 0.1) is 12.5 Å². The SMILES string of the molecule is NC(CO)B(O)O. The van der Waals surface area contributed by atoms with Crippen molar-refractivity contribution in [1.82, 2.24) is 0 Å². The van der Waals surface area contributed by atoms with E-state index < -0.39 is 19.7 Å². The first-order chi connectivity index (χ1) is 3.18. The normalized spacial score (nSPS) is 13.7. The van der Waals surface area contributed by atoms with Crippen LogP contribution in [-0.4, -0.2) is 34.8 Å². The molecule has 0 fully saturated rings. The van der Waals surface area contributed by atoms with Gasteiger partial charge in [0.15, 0.2) is 0 Å². The van der Waals surface area contributed by atoms with Crippen LogP contribution in [0.1, 0.15) is 0 Å². The molecule has 0 aromatic rings. The Kier molecular flexibility index (Phi) is 2.94. The summed E-state index contributed by atoms with van der Waals surface area (Å²) in [5, 5.41) is 24.2. The first kappa shape index (κ1) is 6.90. The lowest BCUT2D eigenvalue weighted by atomic mass is 9.81. The Morgan fingerprint density at radius 3 is 2.00 bits per heavy atom. The van der Waals surface area contributed by atoms with Crippen LogP contribution in [0.15, 0.2) is 0 Å². The summed E-state index contributed by atoms with van der Waals surface area (Å²) in [4.78, 5) is 0. The van der Waals surface area contributed by atoms with Gasteiger partial charge in [-0.05, 0) is 0 Å². The molecule has 7 heavy (non-hydrogen) atoms. The zero-order chi connectivity index (χ0) is 5.86. The molecule has 0 amide bonds. The Bertz CT molecular complexity index is 50.2. The molecule has 0 aromatic carbocycles. The highest BCUT2D eigenvalue weighted by atomic mass is 16.4. The van der Waals surface area contributed by atoms with E-state index in [0.717, 1.165) is 0 Å². The fourth-order valence-electron chi connectivity index (χ4n) is 0.0943. The molecule has 0 bridgehead atoms. The molecule has 0 aromatic heterocycles. The minimum absolute atomic E-state index is 0.405. The molecule has 0 spiro atoms.